The lowest BCUT2D eigenvalue weighted by Gasteiger charge is -2.34. The summed E-state index contributed by atoms with van der Waals surface area (Å²) in [6.07, 6.45) is 1.31. The summed E-state index contributed by atoms with van der Waals surface area (Å²) in [6.45, 7) is 1.97. The second-order valence-corrected chi connectivity index (χ2v) is 6.78. The molecule has 1 saturated heterocycles. The first-order valence-corrected chi connectivity index (χ1v) is 9.04. The van der Waals surface area contributed by atoms with Crippen LogP contribution in [-0.2, 0) is 16.1 Å². The molecule has 0 bridgehead atoms. The largest absolute Gasteiger partial charge is 0.489 e. The number of amides is 1. The van der Waals surface area contributed by atoms with E-state index in [0.717, 1.165) is 18.7 Å². The average Bonchev–Trinajstić information content (AvgIpc) is 2.68. The Labute approximate surface area is 170 Å². The first kappa shape index (κ1) is 21.5. The van der Waals surface area contributed by atoms with Crippen LogP contribution in [0, 0.1) is 0 Å². The van der Waals surface area contributed by atoms with E-state index >= 15 is 0 Å². The highest BCUT2D eigenvalue weighted by Crippen LogP contribution is 2.26. The van der Waals surface area contributed by atoms with Gasteiger partial charge in [-0.1, -0.05) is 29.8 Å². The minimum atomic E-state index is -0.772. The molecule has 2 aromatic carbocycles. The van der Waals surface area contributed by atoms with Crippen molar-refractivity contribution in [3.8, 4) is 5.75 Å². The highest BCUT2D eigenvalue weighted by atomic mass is 35.5. The number of carbonyl (C=O) groups is 1. The number of ether oxygens (including phenoxy) is 2. The van der Waals surface area contributed by atoms with E-state index in [4.69, 9.17) is 21.1 Å². The molecule has 5 nitrogen and oxygen atoms in total. The Balaban J connectivity index is 0.00000261. The van der Waals surface area contributed by atoms with Gasteiger partial charge in [0, 0.05) is 23.9 Å². The van der Waals surface area contributed by atoms with Gasteiger partial charge in [-0.05, 0) is 55.8 Å². The van der Waals surface area contributed by atoms with Gasteiger partial charge in [0.1, 0.15) is 18.0 Å². The summed E-state index contributed by atoms with van der Waals surface area (Å²) in [7, 11) is 1.59. The van der Waals surface area contributed by atoms with Crippen LogP contribution in [0.1, 0.15) is 18.4 Å². The molecular weight excluding hydrogens is 387 g/mol. The van der Waals surface area contributed by atoms with Gasteiger partial charge in [-0.15, -0.1) is 12.4 Å². The van der Waals surface area contributed by atoms with Gasteiger partial charge in [0.25, 0.3) is 5.91 Å². The molecule has 0 aromatic heterocycles. The number of carbonyl (C=O) groups excluding carboxylic acids is 1. The molecule has 3 rings (SSSR count). The van der Waals surface area contributed by atoms with Crippen molar-refractivity contribution in [2.24, 2.45) is 0 Å². The van der Waals surface area contributed by atoms with Gasteiger partial charge in [-0.25, -0.2) is 0 Å². The molecule has 1 amide bonds. The Kier molecular flexibility index (Phi) is 7.92. The van der Waals surface area contributed by atoms with Gasteiger partial charge in [0.05, 0.1) is 0 Å². The summed E-state index contributed by atoms with van der Waals surface area (Å²) in [4.78, 5) is 12.7. The molecule has 2 aromatic rings. The zero-order valence-electron chi connectivity index (χ0n) is 15.2. The number of hydrogen-bond donors (Lipinski definition) is 2. The summed E-state index contributed by atoms with van der Waals surface area (Å²) >= 11 is 5.89. The number of anilines is 1. The molecule has 27 heavy (non-hydrogen) atoms. The van der Waals surface area contributed by atoms with Crippen molar-refractivity contribution >= 4 is 35.6 Å². The first-order valence-electron chi connectivity index (χ1n) is 8.66. The fraction of sp³-hybridized carbons (Fsp3) is 0.350. The SMILES string of the molecule is COC1(C(=O)Nc2cccc(OCc3ccc(Cl)cc3)c2)CCNCC1.Cl. The van der Waals surface area contributed by atoms with Gasteiger partial charge in [-0.2, -0.15) is 0 Å². The quantitative estimate of drug-likeness (QED) is 0.753. The second-order valence-electron chi connectivity index (χ2n) is 6.35. The topological polar surface area (TPSA) is 59.6 Å². The van der Waals surface area contributed by atoms with Crippen molar-refractivity contribution in [1.82, 2.24) is 5.32 Å². The highest BCUT2D eigenvalue weighted by Gasteiger charge is 2.39. The van der Waals surface area contributed by atoms with Crippen LogP contribution in [0.2, 0.25) is 5.02 Å². The van der Waals surface area contributed by atoms with E-state index in [1.807, 2.05) is 48.5 Å². The van der Waals surface area contributed by atoms with Crippen molar-refractivity contribution in [2.45, 2.75) is 25.0 Å². The number of halogens is 2. The van der Waals surface area contributed by atoms with Crippen LogP contribution in [-0.4, -0.2) is 31.7 Å². The molecule has 0 spiro atoms. The predicted octanol–water partition coefficient (Wildman–Crippen LogP) is 4.05. The molecule has 7 heteroatoms. The lowest BCUT2D eigenvalue weighted by atomic mass is 9.91. The maximum absolute atomic E-state index is 12.7. The van der Waals surface area contributed by atoms with Crippen LogP contribution in [0.25, 0.3) is 0 Å². The molecule has 0 saturated carbocycles. The minimum Gasteiger partial charge on any atom is -0.489 e. The van der Waals surface area contributed by atoms with Crippen LogP contribution in [0.5, 0.6) is 5.75 Å². The fourth-order valence-corrected chi connectivity index (χ4v) is 3.14. The normalized spacial score (nSPS) is 15.5. The third-order valence-corrected chi connectivity index (χ3v) is 4.88. The summed E-state index contributed by atoms with van der Waals surface area (Å²) in [5.41, 5.74) is 0.946. The molecule has 1 aliphatic heterocycles. The molecule has 1 aliphatic rings. The van der Waals surface area contributed by atoms with Gasteiger partial charge in [0.15, 0.2) is 0 Å². The average molecular weight is 411 g/mol. The zero-order chi connectivity index (χ0) is 18.4. The van der Waals surface area contributed by atoms with Gasteiger partial charge >= 0.3 is 0 Å². The summed E-state index contributed by atoms with van der Waals surface area (Å²) < 4.78 is 11.4. The van der Waals surface area contributed by atoms with E-state index < -0.39 is 5.60 Å². The van der Waals surface area contributed by atoms with Crippen LogP contribution in [0.4, 0.5) is 5.69 Å². The molecule has 2 N–H and O–H groups in total. The van der Waals surface area contributed by atoms with Gasteiger partial charge in [-0.3, -0.25) is 4.79 Å². The summed E-state index contributed by atoms with van der Waals surface area (Å²) in [6, 6.07) is 14.9. The second kappa shape index (κ2) is 9.95. The minimum absolute atomic E-state index is 0. The number of hydrogen-bond acceptors (Lipinski definition) is 4. The Bertz CT molecular complexity index is 747. The van der Waals surface area contributed by atoms with E-state index in [-0.39, 0.29) is 18.3 Å². The molecule has 0 unspecified atom stereocenters. The van der Waals surface area contributed by atoms with Crippen LogP contribution in [0.3, 0.4) is 0 Å². The molecule has 1 fully saturated rings. The van der Waals surface area contributed by atoms with Crippen molar-refractivity contribution in [1.29, 1.82) is 0 Å². The van der Waals surface area contributed by atoms with Crippen molar-refractivity contribution in [3.05, 3.63) is 59.1 Å². The van der Waals surface area contributed by atoms with Crippen LogP contribution < -0.4 is 15.4 Å². The van der Waals surface area contributed by atoms with E-state index in [0.29, 0.717) is 35.9 Å². The number of nitrogens with one attached hydrogen (secondary N) is 2. The third kappa shape index (κ3) is 5.59. The number of rotatable bonds is 6. The lowest BCUT2D eigenvalue weighted by Crippen LogP contribution is -2.51. The number of benzene rings is 2. The maximum atomic E-state index is 12.7. The Morgan fingerprint density at radius 3 is 2.56 bits per heavy atom. The number of piperidine rings is 1. The summed E-state index contributed by atoms with van der Waals surface area (Å²) in [5.74, 6) is 0.575. The van der Waals surface area contributed by atoms with Crippen LogP contribution >= 0.6 is 24.0 Å². The number of methoxy groups -OCH3 is 1. The van der Waals surface area contributed by atoms with Gasteiger partial charge in [0.2, 0.25) is 0 Å². The van der Waals surface area contributed by atoms with Crippen LogP contribution in [0.15, 0.2) is 48.5 Å². The predicted molar refractivity (Wildman–Crippen MR) is 110 cm³/mol. The standard InChI is InChI=1S/C20H23ClN2O3.ClH/c1-25-20(9-11-22-12-10-20)19(24)23-17-3-2-4-18(13-17)26-14-15-5-7-16(21)8-6-15;/h2-8,13,22H,9-12,14H2,1H3,(H,23,24);1H. The smallest absolute Gasteiger partial charge is 0.256 e. The van der Waals surface area contributed by atoms with E-state index in [1.54, 1.807) is 7.11 Å². The Hall–Kier alpha value is -1.79. The van der Waals surface area contributed by atoms with E-state index in [1.165, 1.54) is 0 Å². The summed E-state index contributed by atoms with van der Waals surface area (Å²) in [5, 5.41) is 6.91. The maximum Gasteiger partial charge on any atom is 0.256 e. The zero-order valence-corrected chi connectivity index (χ0v) is 16.7. The molecule has 0 aliphatic carbocycles. The Morgan fingerprint density at radius 1 is 1.19 bits per heavy atom. The van der Waals surface area contributed by atoms with Crippen molar-refractivity contribution < 1.29 is 14.3 Å². The molecule has 0 radical (unpaired) electrons. The molecule has 0 atom stereocenters. The lowest BCUT2D eigenvalue weighted by molar-refractivity contribution is -0.140. The van der Waals surface area contributed by atoms with E-state index in [9.17, 15) is 4.79 Å². The molecule has 146 valence electrons. The molecule has 1 heterocycles. The first-order chi connectivity index (χ1) is 12.6. The van der Waals surface area contributed by atoms with Crippen molar-refractivity contribution in [3.63, 3.8) is 0 Å². The molecular formula is C20H24Cl2N2O3. The van der Waals surface area contributed by atoms with Gasteiger partial charge < -0.3 is 20.1 Å². The fourth-order valence-electron chi connectivity index (χ4n) is 3.01. The van der Waals surface area contributed by atoms with E-state index in [2.05, 4.69) is 10.6 Å². The monoisotopic (exact) mass is 410 g/mol. The third-order valence-electron chi connectivity index (χ3n) is 4.63. The Morgan fingerprint density at radius 2 is 1.89 bits per heavy atom. The highest BCUT2D eigenvalue weighted by molar-refractivity contribution is 6.30. The van der Waals surface area contributed by atoms with Crippen molar-refractivity contribution in [2.75, 3.05) is 25.5 Å².